The summed E-state index contributed by atoms with van der Waals surface area (Å²) >= 11 is 0. The van der Waals surface area contributed by atoms with Crippen molar-refractivity contribution in [2.75, 3.05) is 13.6 Å². The zero-order valence-electron chi connectivity index (χ0n) is 12.6. The van der Waals surface area contributed by atoms with Gasteiger partial charge in [-0.25, -0.2) is 0 Å². The molecule has 3 nitrogen and oxygen atoms in total. The van der Waals surface area contributed by atoms with E-state index in [4.69, 9.17) is 0 Å². The van der Waals surface area contributed by atoms with Gasteiger partial charge in [0.2, 0.25) is 5.91 Å². The van der Waals surface area contributed by atoms with Crippen LogP contribution in [0.1, 0.15) is 36.8 Å². The van der Waals surface area contributed by atoms with E-state index in [9.17, 15) is 18.0 Å². The minimum absolute atomic E-state index is 0.0147. The van der Waals surface area contributed by atoms with Crippen LogP contribution < -0.4 is 5.32 Å². The number of nitrogens with one attached hydrogen (secondary N) is 1. The van der Waals surface area contributed by atoms with Gasteiger partial charge in [-0.3, -0.25) is 4.79 Å². The van der Waals surface area contributed by atoms with Crippen LogP contribution in [0.2, 0.25) is 0 Å². The van der Waals surface area contributed by atoms with E-state index in [1.54, 1.807) is 18.0 Å². The second-order valence-corrected chi connectivity index (χ2v) is 5.65. The molecule has 1 fully saturated rings. The number of likely N-dealkylation sites (N-methyl/N-ethyl adjacent to an activating group) is 1. The molecule has 0 bridgehead atoms. The first-order valence-corrected chi connectivity index (χ1v) is 7.52. The van der Waals surface area contributed by atoms with E-state index in [-0.39, 0.29) is 30.6 Å². The van der Waals surface area contributed by atoms with Gasteiger partial charge in [0.05, 0.1) is 12.1 Å². The van der Waals surface area contributed by atoms with Gasteiger partial charge in [0.15, 0.2) is 0 Å². The number of rotatable bonds is 5. The van der Waals surface area contributed by atoms with Gasteiger partial charge in [0.25, 0.3) is 0 Å². The first-order chi connectivity index (χ1) is 10.4. The van der Waals surface area contributed by atoms with Crippen molar-refractivity contribution in [3.8, 4) is 0 Å². The molecular weight excluding hydrogens is 293 g/mol. The maximum Gasteiger partial charge on any atom is 0.416 e. The number of alkyl halides is 3. The standard InChI is InChI=1S/C16H21F3N2O/c1-20-10-15(22)21(13-7-3-4-8-13)11-12-6-2-5-9-14(12)16(17,18)19/h2,5-6,9,13,20H,3-4,7-8,10-11H2,1H3. The van der Waals surface area contributed by atoms with Crippen molar-refractivity contribution in [2.45, 2.75) is 44.4 Å². The molecule has 1 aliphatic carbocycles. The van der Waals surface area contributed by atoms with Crippen molar-refractivity contribution in [3.05, 3.63) is 35.4 Å². The molecule has 0 atom stereocenters. The third kappa shape index (κ3) is 4.00. The lowest BCUT2D eigenvalue weighted by atomic mass is 10.0. The highest BCUT2D eigenvalue weighted by atomic mass is 19.4. The smallest absolute Gasteiger partial charge is 0.334 e. The van der Waals surface area contributed by atoms with Gasteiger partial charge < -0.3 is 10.2 Å². The number of carbonyl (C=O) groups is 1. The zero-order chi connectivity index (χ0) is 16.2. The predicted octanol–water partition coefficient (Wildman–Crippen LogP) is 3.20. The largest absolute Gasteiger partial charge is 0.416 e. The van der Waals surface area contributed by atoms with Crippen molar-refractivity contribution >= 4 is 5.91 Å². The Morgan fingerprint density at radius 2 is 1.91 bits per heavy atom. The number of nitrogens with zero attached hydrogens (tertiary/aromatic N) is 1. The molecular formula is C16H21F3N2O. The van der Waals surface area contributed by atoms with Gasteiger partial charge >= 0.3 is 6.18 Å². The Morgan fingerprint density at radius 1 is 1.27 bits per heavy atom. The fraction of sp³-hybridized carbons (Fsp3) is 0.562. The summed E-state index contributed by atoms with van der Waals surface area (Å²) in [4.78, 5) is 13.9. The van der Waals surface area contributed by atoms with E-state index in [1.807, 2.05) is 0 Å². The number of hydrogen-bond acceptors (Lipinski definition) is 2. The second kappa shape index (κ2) is 7.13. The number of carbonyl (C=O) groups excluding carboxylic acids is 1. The number of amides is 1. The van der Waals surface area contributed by atoms with Gasteiger partial charge in [0.1, 0.15) is 0 Å². The third-order valence-corrected chi connectivity index (χ3v) is 4.08. The highest BCUT2D eigenvalue weighted by molar-refractivity contribution is 5.78. The predicted molar refractivity (Wildman–Crippen MR) is 78.2 cm³/mol. The highest BCUT2D eigenvalue weighted by Gasteiger charge is 2.34. The van der Waals surface area contributed by atoms with Crippen molar-refractivity contribution < 1.29 is 18.0 Å². The SMILES string of the molecule is CNCC(=O)N(Cc1ccccc1C(F)(F)F)C1CCCC1. The summed E-state index contributed by atoms with van der Waals surface area (Å²) in [7, 11) is 1.66. The van der Waals surface area contributed by atoms with E-state index < -0.39 is 11.7 Å². The molecule has 1 aromatic carbocycles. The van der Waals surface area contributed by atoms with Crippen LogP contribution in [0.4, 0.5) is 13.2 Å². The number of benzene rings is 1. The van der Waals surface area contributed by atoms with Gasteiger partial charge in [-0.1, -0.05) is 31.0 Å². The molecule has 1 saturated carbocycles. The van der Waals surface area contributed by atoms with Crippen molar-refractivity contribution in [1.29, 1.82) is 0 Å². The Hall–Kier alpha value is -1.56. The molecule has 1 N–H and O–H groups in total. The molecule has 22 heavy (non-hydrogen) atoms. The molecule has 0 radical (unpaired) electrons. The van der Waals surface area contributed by atoms with Crippen molar-refractivity contribution in [3.63, 3.8) is 0 Å². The lowest BCUT2D eigenvalue weighted by molar-refractivity contribution is -0.140. The zero-order valence-corrected chi connectivity index (χ0v) is 12.6. The van der Waals surface area contributed by atoms with Gasteiger partial charge in [-0.2, -0.15) is 13.2 Å². The van der Waals surface area contributed by atoms with Crippen LogP contribution in [0.3, 0.4) is 0 Å². The highest BCUT2D eigenvalue weighted by Crippen LogP contribution is 2.33. The third-order valence-electron chi connectivity index (χ3n) is 4.08. The summed E-state index contributed by atoms with van der Waals surface area (Å²) in [5.74, 6) is -0.147. The summed E-state index contributed by atoms with van der Waals surface area (Å²) in [5, 5.41) is 2.79. The minimum atomic E-state index is -4.40. The fourth-order valence-electron chi connectivity index (χ4n) is 3.01. The monoisotopic (exact) mass is 314 g/mol. The van der Waals surface area contributed by atoms with E-state index >= 15 is 0 Å². The molecule has 0 heterocycles. The molecule has 1 aliphatic rings. The van der Waals surface area contributed by atoms with Gasteiger partial charge in [0, 0.05) is 12.6 Å². The number of hydrogen-bond donors (Lipinski definition) is 1. The first kappa shape index (κ1) is 16.8. The van der Waals surface area contributed by atoms with Crippen LogP contribution >= 0.6 is 0 Å². The summed E-state index contributed by atoms with van der Waals surface area (Å²) in [6, 6.07) is 5.53. The van der Waals surface area contributed by atoms with E-state index in [2.05, 4.69) is 5.32 Å². The van der Waals surface area contributed by atoms with Gasteiger partial charge in [-0.15, -0.1) is 0 Å². The average Bonchev–Trinajstić information content (AvgIpc) is 2.98. The summed E-state index contributed by atoms with van der Waals surface area (Å²) in [6.07, 6.45) is -0.624. The van der Waals surface area contributed by atoms with Crippen LogP contribution in [0, 0.1) is 0 Å². The summed E-state index contributed by atoms with van der Waals surface area (Å²) < 4.78 is 39.3. The molecule has 6 heteroatoms. The second-order valence-electron chi connectivity index (χ2n) is 5.65. The summed E-state index contributed by atoms with van der Waals surface area (Å²) in [5.41, 5.74) is -0.499. The topological polar surface area (TPSA) is 32.3 Å². The average molecular weight is 314 g/mol. The molecule has 0 aromatic heterocycles. The maximum atomic E-state index is 13.1. The molecule has 2 rings (SSSR count). The molecule has 0 unspecified atom stereocenters. The van der Waals surface area contributed by atoms with E-state index in [0.29, 0.717) is 0 Å². The Labute approximate surface area is 128 Å². The molecule has 1 aromatic rings. The molecule has 0 aliphatic heterocycles. The van der Waals surface area contributed by atoms with E-state index in [1.165, 1.54) is 12.1 Å². The van der Waals surface area contributed by atoms with Crippen LogP contribution in [0.5, 0.6) is 0 Å². The van der Waals surface area contributed by atoms with Crippen LogP contribution in [0.25, 0.3) is 0 Å². The minimum Gasteiger partial charge on any atom is -0.334 e. The lowest BCUT2D eigenvalue weighted by Crippen LogP contribution is -2.42. The van der Waals surface area contributed by atoms with Crippen LogP contribution in [-0.2, 0) is 17.5 Å². The van der Waals surface area contributed by atoms with Crippen LogP contribution in [-0.4, -0.2) is 30.4 Å². The normalized spacial score (nSPS) is 16.0. The Balaban J connectivity index is 2.25. The fourth-order valence-corrected chi connectivity index (χ4v) is 3.01. The van der Waals surface area contributed by atoms with Crippen molar-refractivity contribution in [1.82, 2.24) is 10.2 Å². The van der Waals surface area contributed by atoms with Gasteiger partial charge in [-0.05, 0) is 31.5 Å². The number of halogens is 3. The van der Waals surface area contributed by atoms with Crippen LogP contribution in [0.15, 0.2) is 24.3 Å². The van der Waals surface area contributed by atoms with E-state index in [0.717, 1.165) is 31.7 Å². The Morgan fingerprint density at radius 3 is 2.50 bits per heavy atom. The molecule has 0 spiro atoms. The Bertz CT molecular complexity index is 510. The Kier molecular flexibility index (Phi) is 5.45. The molecule has 0 saturated heterocycles. The van der Waals surface area contributed by atoms with Crippen molar-refractivity contribution in [2.24, 2.45) is 0 Å². The molecule has 122 valence electrons. The maximum absolute atomic E-state index is 13.1. The first-order valence-electron chi connectivity index (χ1n) is 7.52. The quantitative estimate of drug-likeness (QED) is 0.905. The summed E-state index contributed by atoms with van der Waals surface area (Å²) in [6.45, 7) is 0.158. The lowest BCUT2D eigenvalue weighted by Gasteiger charge is -2.30. The molecule has 1 amide bonds.